The minimum absolute atomic E-state index is 0.143. The Morgan fingerprint density at radius 1 is 1.16 bits per heavy atom. The van der Waals surface area contributed by atoms with Gasteiger partial charge in [-0.15, -0.1) is 0 Å². The van der Waals surface area contributed by atoms with Gasteiger partial charge < -0.3 is 4.90 Å². The van der Waals surface area contributed by atoms with Crippen LogP contribution in [0, 0.1) is 5.82 Å². The van der Waals surface area contributed by atoms with E-state index in [-0.39, 0.29) is 16.5 Å². The number of carbonyl (C=O) groups excluding carboxylic acids is 1. The lowest BCUT2D eigenvalue weighted by Gasteiger charge is -2.18. The van der Waals surface area contributed by atoms with Gasteiger partial charge in [0.15, 0.2) is 0 Å². The highest BCUT2D eigenvalue weighted by Crippen LogP contribution is 2.19. The number of nitrogens with one attached hydrogen (secondary N) is 2. The molecule has 1 heterocycles. The van der Waals surface area contributed by atoms with Crippen LogP contribution in [0.25, 0.3) is 11.3 Å². The number of hydrogen-bond acceptors (Lipinski definition) is 4. The van der Waals surface area contributed by atoms with E-state index in [9.17, 15) is 17.6 Å². The van der Waals surface area contributed by atoms with Crippen molar-refractivity contribution in [3.05, 3.63) is 71.7 Å². The van der Waals surface area contributed by atoms with Gasteiger partial charge >= 0.3 is 0 Å². The Morgan fingerprint density at radius 2 is 1.88 bits per heavy atom. The molecule has 7 nitrogen and oxygen atoms in total. The molecule has 0 saturated heterocycles. The Balaban J connectivity index is 1.62. The number of benzene rings is 2. The van der Waals surface area contributed by atoms with E-state index < -0.39 is 21.7 Å². The zero-order valence-corrected chi connectivity index (χ0v) is 19.1. The number of amides is 1. The topological polar surface area (TPSA) is 95.2 Å². The fourth-order valence-corrected chi connectivity index (χ4v) is 4.55. The maximum atomic E-state index is 14.3. The monoisotopic (exact) mass is 458 g/mol. The summed E-state index contributed by atoms with van der Waals surface area (Å²) in [6.07, 6.45) is 1.29. The summed E-state index contributed by atoms with van der Waals surface area (Å²) in [5.41, 5.74) is 2.52. The van der Waals surface area contributed by atoms with Crippen LogP contribution in [-0.2, 0) is 16.4 Å². The molecule has 0 saturated carbocycles. The molecule has 0 spiro atoms. The van der Waals surface area contributed by atoms with Gasteiger partial charge in [0.25, 0.3) is 5.91 Å². The molecule has 0 atom stereocenters. The molecule has 170 valence electrons. The molecule has 2 N–H and O–H groups in total. The average Bonchev–Trinajstić information content (AvgIpc) is 3.22. The summed E-state index contributed by atoms with van der Waals surface area (Å²) in [7, 11) is -2.26. The molecule has 0 aliphatic rings. The summed E-state index contributed by atoms with van der Waals surface area (Å²) >= 11 is 0. The lowest BCUT2D eigenvalue weighted by atomic mass is 10.1. The first kappa shape index (κ1) is 23.6. The fourth-order valence-electron chi connectivity index (χ4n) is 3.27. The number of halogens is 1. The van der Waals surface area contributed by atoms with Gasteiger partial charge in [-0.25, -0.2) is 17.5 Å². The van der Waals surface area contributed by atoms with Crippen LogP contribution in [0.1, 0.15) is 36.3 Å². The Kier molecular flexibility index (Phi) is 7.42. The Hall–Kier alpha value is -3.04. The van der Waals surface area contributed by atoms with E-state index in [1.54, 1.807) is 20.9 Å². The Labute approximate surface area is 187 Å². The number of sulfonamides is 1. The minimum atomic E-state index is -3.83. The molecule has 0 aliphatic carbocycles. The molecule has 0 aliphatic heterocycles. The third kappa shape index (κ3) is 5.80. The molecule has 2 aromatic carbocycles. The van der Waals surface area contributed by atoms with E-state index in [2.05, 4.69) is 14.9 Å². The van der Waals surface area contributed by atoms with E-state index in [1.807, 2.05) is 36.4 Å². The third-order valence-corrected chi connectivity index (χ3v) is 6.51. The predicted octanol–water partition coefficient (Wildman–Crippen LogP) is 3.61. The van der Waals surface area contributed by atoms with Crippen molar-refractivity contribution in [1.29, 1.82) is 0 Å². The molecule has 0 fully saturated rings. The van der Waals surface area contributed by atoms with Gasteiger partial charge in [0, 0.05) is 30.9 Å². The second-order valence-corrected chi connectivity index (χ2v) is 9.61. The lowest BCUT2D eigenvalue weighted by Crippen LogP contribution is -2.31. The van der Waals surface area contributed by atoms with Gasteiger partial charge in [-0.05, 0) is 51.0 Å². The molecular formula is C23H27FN4O3S. The zero-order chi connectivity index (χ0) is 23.3. The number of rotatable bonds is 9. The van der Waals surface area contributed by atoms with Crippen molar-refractivity contribution in [2.24, 2.45) is 0 Å². The van der Waals surface area contributed by atoms with E-state index >= 15 is 0 Å². The highest BCUT2D eigenvalue weighted by atomic mass is 32.2. The van der Waals surface area contributed by atoms with Crippen LogP contribution in [0.4, 0.5) is 4.39 Å². The first-order valence-corrected chi connectivity index (χ1v) is 11.8. The van der Waals surface area contributed by atoms with Crippen molar-refractivity contribution in [1.82, 2.24) is 19.8 Å². The van der Waals surface area contributed by atoms with Crippen LogP contribution in [-0.4, -0.2) is 49.1 Å². The number of H-pyrrole nitrogens is 1. The predicted molar refractivity (Wildman–Crippen MR) is 121 cm³/mol. The quantitative estimate of drug-likeness (QED) is 0.512. The van der Waals surface area contributed by atoms with Crippen molar-refractivity contribution in [3.63, 3.8) is 0 Å². The standard InChI is InChI=1S/C23H27FN4O3S/c1-16(2)27-32(30,31)19-11-12-21(24)20(15-19)23(29)28(3)13-7-10-18-14-22(26-25-18)17-8-5-4-6-9-17/h4-6,8-9,11-12,14-16,27H,7,10,13H2,1-3H3,(H,25,26). The molecule has 1 aromatic heterocycles. The smallest absolute Gasteiger partial charge is 0.256 e. The summed E-state index contributed by atoms with van der Waals surface area (Å²) in [6, 6.07) is 14.7. The van der Waals surface area contributed by atoms with E-state index in [4.69, 9.17) is 0 Å². The zero-order valence-electron chi connectivity index (χ0n) is 18.3. The highest BCUT2D eigenvalue weighted by molar-refractivity contribution is 7.89. The highest BCUT2D eigenvalue weighted by Gasteiger charge is 2.22. The van der Waals surface area contributed by atoms with E-state index in [1.165, 1.54) is 4.90 Å². The Morgan fingerprint density at radius 3 is 2.56 bits per heavy atom. The number of aryl methyl sites for hydroxylation is 1. The van der Waals surface area contributed by atoms with Gasteiger partial charge in [-0.1, -0.05) is 30.3 Å². The number of hydrogen-bond donors (Lipinski definition) is 2. The molecular weight excluding hydrogens is 431 g/mol. The van der Waals surface area contributed by atoms with Crippen LogP contribution >= 0.6 is 0 Å². The molecule has 1 amide bonds. The third-order valence-electron chi connectivity index (χ3n) is 4.86. The first-order chi connectivity index (χ1) is 15.2. The number of aromatic nitrogens is 2. The first-order valence-electron chi connectivity index (χ1n) is 10.3. The fraction of sp³-hybridized carbons (Fsp3) is 0.304. The van der Waals surface area contributed by atoms with Crippen LogP contribution in [0.5, 0.6) is 0 Å². The van der Waals surface area contributed by atoms with Gasteiger partial charge in [-0.3, -0.25) is 9.89 Å². The molecule has 0 radical (unpaired) electrons. The van der Waals surface area contributed by atoms with Gasteiger partial charge in [0.2, 0.25) is 10.0 Å². The molecule has 32 heavy (non-hydrogen) atoms. The van der Waals surface area contributed by atoms with E-state index in [0.29, 0.717) is 19.4 Å². The van der Waals surface area contributed by atoms with Gasteiger partial charge in [0.05, 0.1) is 16.2 Å². The SMILES string of the molecule is CC(C)NS(=O)(=O)c1ccc(F)c(C(=O)N(C)CCCc2cc(-c3ccccc3)n[nH]2)c1. The van der Waals surface area contributed by atoms with Gasteiger partial charge in [-0.2, -0.15) is 5.10 Å². The van der Waals surface area contributed by atoms with Crippen LogP contribution in [0.3, 0.4) is 0 Å². The normalized spacial score (nSPS) is 11.7. The number of nitrogens with zero attached hydrogens (tertiary/aromatic N) is 2. The maximum Gasteiger partial charge on any atom is 0.256 e. The average molecular weight is 459 g/mol. The summed E-state index contributed by atoms with van der Waals surface area (Å²) in [6.45, 7) is 3.74. The van der Waals surface area contributed by atoms with Crippen molar-refractivity contribution in [2.45, 2.75) is 37.6 Å². The van der Waals surface area contributed by atoms with Crippen molar-refractivity contribution in [2.75, 3.05) is 13.6 Å². The van der Waals surface area contributed by atoms with Crippen LogP contribution in [0.15, 0.2) is 59.5 Å². The molecule has 3 rings (SSSR count). The summed E-state index contributed by atoms with van der Waals surface area (Å²) in [4.78, 5) is 14.0. The van der Waals surface area contributed by atoms with Crippen molar-refractivity contribution >= 4 is 15.9 Å². The van der Waals surface area contributed by atoms with Gasteiger partial charge in [0.1, 0.15) is 5.82 Å². The largest absolute Gasteiger partial charge is 0.342 e. The minimum Gasteiger partial charge on any atom is -0.342 e. The van der Waals surface area contributed by atoms with Crippen molar-refractivity contribution < 1.29 is 17.6 Å². The van der Waals surface area contributed by atoms with Crippen molar-refractivity contribution in [3.8, 4) is 11.3 Å². The number of aromatic amines is 1. The molecule has 0 bridgehead atoms. The summed E-state index contributed by atoms with van der Waals surface area (Å²) in [5, 5.41) is 7.31. The Bertz CT molecular complexity index is 1180. The second-order valence-electron chi connectivity index (χ2n) is 7.89. The van der Waals surface area contributed by atoms with Crippen LogP contribution < -0.4 is 4.72 Å². The molecule has 0 unspecified atom stereocenters. The second kappa shape index (κ2) is 10.1. The molecule has 9 heteroatoms. The number of carbonyl (C=O) groups is 1. The lowest BCUT2D eigenvalue weighted by molar-refractivity contribution is 0.0788. The molecule has 3 aromatic rings. The summed E-state index contributed by atoms with van der Waals surface area (Å²) in [5.74, 6) is -1.33. The summed E-state index contributed by atoms with van der Waals surface area (Å²) < 4.78 is 41.5. The van der Waals surface area contributed by atoms with Crippen LogP contribution in [0.2, 0.25) is 0 Å². The maximum absolute atomic E-state index is 14.3. The van der Waals surface area contributed by atoms with E-state index in [0.717, 1.165) is 35.2 Å².